The summed E-state index contributed by atoms with van der Waals surface area (Å²) in [4.78, 5) is 29.8. The molecule has 1 saturated heterocycles. The maximum absolute atomic E-state index is 12.7. The maximum Gasteiger partial charge on any atom is 0.305 e. The monoisotopic (exact) mass is 358 g/mol. The van der Waals surface area contributed by atoms with Crippen LogP contribution in [0.1, 0.15) is 55.1 Å². The van der Waals surface area contributed by atoms with E-state index in [1.807, 2.05) is 12.1 Å². The second-order valence-electron chi connectivity index (χ2n) is 6.71. The number of carboxylic acids is 1. The zero-order chi connectivity index (χ0) is 18.0. The van der Waals surface area contributed by atoms with E-state index in [1.165, 1.54) is 16.9 Å². The molecule has 25 heavy (non-hydrogen) atoms. The molecule has 0 aliphatic carbocycles. The Morgan fingerprint density at radius 2 is 2.04 bits per heavy atom. The summed E-state index contributed by atoms with van der Waals surface area (Å²) in [5.41, 5.74) is 2.67. The van der Waals surface area contributed by atoms with Crippen LogP contribution in [-0.2, 0) is 4.79 Å². The van der Waals surface area contributed by atoms with Gasteiger partial charge in [0.15, 0.2) is 0 Å². The van der Waals surface area contributed by atoms with Crippen LogP contribution < -0.4 is 0 Å². The third kappa shape index (κ3) is 3.90. The number of rotatable bonds is 5. The summed E-state index contributed by atoms with van der Waals surface area (Å²) in [5.74, 6) is -0.553. The highest BCUT2D eigenvalue weighted by Crippen LogP contribution is 2.28. The van der Waals surface area contributed by atoms with Crippen molar-refractivity contribution in [3.63, 3.8) is 0 Å². The van der Waals surface area contributed by atoms with Gasteiger partial charge >= 0.3 is 5.97 Å². The molecule has 1 aliphatic heterocycles. The summed E-state index contributed by atoms with van der Waals surface area (Å²) in [6, 6.07) is 8.02. The van der Waals surface area contributed by atoms with Crippen molar-refractivity contribution in [2.45, 2.75) is 45.1 Å². The average Bonchev–Trinajstić information content (AvgIpc) is 3.23. The Kier molecular flexibility index (Phi) is 5.18. The SMILES string of the molecule is CC(C)c1ccc(-c2nc(C(=O)N3CCCC3CC(=O)O)cs2)cc1. The van der Waals surface area contributed by atoms with Crippen molar-refractivity contribution in [1.29, 1.82) is 0 Å². The predicted molar refractivity (Wildman–Crippen MR) is 98.0 cm³/mol. The quantitative estimate of drug-likeness (QED) is 0.876. The Morgan fingerprint density at radius 1 is 1.32 bits per heavy atom. The zero-order valence-corrected chi connectivity index (χ0v) is 15.3. The van der Waals surface area contributed by atoms with Gasteiger partial charge in [0.1, 0.15) is 10.7 Å². The van der Waals surface area contributed by atoms with Crippen LogP contribution in [0.25, 0.3) is 10.6 Å². The van der Waals surface area contributed by atoms with Crippen LogP contribution in [0.4, 0.5) is 0 Å². The van der Waals surface area contributed by atoms with Gasteiger partial charge in [-0.1, -0.05) is 38.1 Å². The summed E-state index contributed by atoms with van der Waals surface area (Å²) in [5, 5.41) is 11.6. The number of carbonyl (C=O) groups excluding carboxylic acids is 1. The van der Waals surface area contributed by atoms with Crippen LogP contribution in [0.2, 0.25) is 0 Å². The first-order valence-electron chi connectivity index (χ1n) is 8.54. The lowest BCUT2D eigenvalue weighted by Gasteiger charge is -2.22. The van der Waals surface area contributed by atoms with E-state index in [-0.39, 0.29) is 18.4 Å². The molecular formula is C19H22N2O3S. The molecule has 3 rings (SSSR count). The zero-order valence-electron chi connectivity index (χ0n) is 14.4. The Morgan fingerprint density at radius 3 is 2.68 bits per heavy atom. The number of carboxylic acid groups (broad SMARTS) is 1. The average molecular weight is 358 g/mol. The van der Waals surface area contributed by atoms with E-state index < -0.39 is 5.97 Å². The number of thiazole rings is 1. The van der Waals surface area contributed by atoms with Crippen LogP contribution in [0.5, 0.6) is 0 Å². The molecule has 1 aromatic carbocycles. The summed E-state index contributed by atoms with van der Waals surface area (Å²) in [6.07, 6.45) is 1.59. The van der Waals surface area contributed by atoms with Crippen LogP contribution in [0, 0.1) is 0 Å². The maximum atomic E-state index is 12.7. The molecular weight excluding hydrogens is 336 g/mol. The predicted octanol–water partition coefficient (Wildman–Crippen LogP) is 4.01. The Balaban J connectivity index is 1.76. The number of likely N-dealkylation sites (tertiary alicyclic amines) is 1. The van der Waals surface area contributed by atoms with E-state index >= 15 is 0 Å². The Hall–Kier alpha value is -2.21. The fourth-order valence-electron chi connectivity index (χ4n) is 3.18. The van der Waals surface area contributed by atoms with Crippen LogP contribution in [-0.4, -0.2) is 39.5 Å². The molecule has 1 unspecified atom stereocenters. The van der Waals surface area contributed by atoms with Gasteiger partial charge in [-0.05, 0) is 24.3 Å². The summed E-state index contributed by atoms with van der Waals surface area (Å²) >= 11 is 1.44. The first kappa shape index (κ1) is 17.6. The van der Waals surface area contributed by atoms with Gasteiger partial charge in [-0.2, -0.15) is 0 Å². The molecule has 0 radical (unpaired) electrons. The van der Waals surface area contributed by atoms with E-state index in [2.05, 4.69) is 31.0 Å². The topological polar surface area (TPSA) is 70.5 Å². The minimum absolute atomic E-state index is 0.000597. The van der Waals surface area contributed by atoms with Crippen molar-refractivity contribution in [2.75, 3.05) is 6.54 Å². The molecule has 6 heteroatoms. The Bertz CT molecular complexity index is 767. The number of amides is 1. The first-order chi connectivity index (χ1) is 12.0. The second-order valence-corrected chi connectivity index (χ2v) is 7.57. The van der Waals surface area contributed by atoms with Crippen molar-refractivity contribution in [1.82, 2.24) is 9.88 Å². The normalized spacial score (nSPS) is 17.2. The number of benzene rings is 1. The number of aromatic nitrogens is 1. The van der Waals surface area contributed by atoms with E-state index in [4.69, 9.17) is 5.11 Å². The highest BCUT2D eigenvalue weighted by atomic mass is 32.1. The third-order valence-electron chi connectivity index (χ3n) is 4.60. The minimum Gasteiger partial charge on any atom is -0.481 e. The van der Waals surface area contributed by atoms with Crippen molar-refractivity contribution in [3.05, 3.63) is 40.9 Å². The standard InChI is InChI=1S/C19H22N2O3S/c1-12(2)13-5-7-14(8-6-13)18-20-16(11-25-18)19(24)21-9-3-4-15(21)10-17(22)23/h5-8,11-12,15H,3-4,9-10H2,1-2H3,(H,22,23). The van der Waals surface area contributed by atoms with Gasteiger partial charge in [0, 0.05) is 23.5 Å². The fourth-order valence-corrected chi connectivity index (χ4v) is 3.98. The van der Waals surface area contributed by atoms with E-state index in [1.54, 1.807) is 10.3 Å². The molecule has 1 N–H and O–H groups in total. The number of carbonyl (C=O) groups is 2. The molecule has 1 amide bonds. The number of hydrogen-bond donors (Lipinski definition) is 1. The molecule has 1 fully saturated rings. The molecule has 1 atom stereocenters. The van der Waals surface area contributed by atoms with E-state index in [0.29, 0.717) is 18.2 Å². The minimum atomic E-state index is -0.867. The van der Waals surface area contributed by atoms with Gasteiger partial charge in [-0.15, -0.1) is 11.3 Å². The molecule has 2 heterocycles. The summed E-state index contributed by atoms with van der Waals surface area (Å²) in [7, 11) is 0. The molecule has 132 valence electrons. The number of hydrogen-bond acceptors (Lipinski definition) is 4. The smallest absolute Gasteiger partial charge is 0.305 e. The lowest BCUT2D eigenvalue weighted by Crippen LogP contribution is -2.37. The molecule has 5 nitrogen and oxygen atoms in total. The largest absolute Gasteiger partial charge is 0.481 e. The van der Waals surface area contributed by atoms with Crippen molar-refractivity contribution < 1.29 is 14.7 Å². The highest BCUT2D eigenvalue weighted by molar-refractivity contribution is 7.13. The van der Waals surface area contributed by atoms with Crippen molar-refractivity contribution in [2.24, 2.45) is 0 Å². The molecule has 1 aliphatic rings. The van der Waals surface area contributed by atoms with Crippen molar-refractivity contribution in [3.8, 4) is 10.6 Å². The van der Waals surface area contributed by atoms with E-state index in [9.17, 15) is 9.59 Å². The molecule has 1 aromatic heterocycles. The summed E-state index contributed by atoms with van der Waals surface area (Å²) in [6.45, 7) is 4.91. The van der Waals surface area contributed by atoms with Gasteiger partial charge in [0.25, 0.3) is 5.91 Å². The van der Waals surface area contributed by atoms with Gasteiger partial charge in [0.2, 0.25) is 0 Å². The molecule has 0 bridgehead atoms. The van der Waals surface area contributed by atoms with Crippen LogP contribution in [0.15, 0.2) is 29.6 Å². The third-order valence-corrected chi connectivity index (χ3v) is 5.49. The van der Waals surface area contributed by atoms with Gasteiger partial charge in [0.05, 0.1) is 6.42 Å². The highest BCUT2D eigenvalue weighted by Gasteiger charge is 2.32. The molecule has 0 saturated carbocycles. The Labute approximate surface area is 151 Å². The number of nitrogens with zero attached hydrogens (tertiary/aromatic N) is 2. The van der Waals surface area contributed by atoms with Gasteiger partial charge in [-0.25, -0.2) is 4.98 Å². The van der Waals surface area contributed by atoms with Crippen LogP contribution >= 0.6 is 11.3 Å². The van der Waals surface area contributed by atoms with Gasteiger partial charge < -0.3 is 10.0 Å². The first-order valence-corrected chi connectivity index (χ1v) is 9.42. The fraction of sp³-hybridized carbons (Fsp3) is 0.421. The lowest BCUT2D eigenvalue weighted by atomic mass is 10.0. The second kappa shape index (κ2) is 7.35. The lowest BCUT2D eigenvalue weighted by molar-refractivity contribution is -0.137. The van der Waals surface area contributed by atoms with E-state index in [0.717, 1.165) is 23.4 Å². The molecule has 2 aromatic rings. The van der Waals surface area contributed by atoms with Crippen molar-refractivity contribution >= 4 is 23.2 Å². The molecule has 0 spiro atoms. The number of aliphatic carboxylic acids is 1. The van der Waals surface area contributed by atoms with Crippen LogP contribution in [0.3, 0.4) is 0 Å². The summed E-state index contributed by atoms with van der Waals surface area (Å²) < 4.78 is 0. The van der Waals surface area contributed by atoms with Gasteiger partial charge in [-0.3, -0.25) is 9.59 Å².